The van der Waals surface area contributed by atoms with E-state index < -0.39 is 5.97 Å². The number of benzene rings is 1. The second-order valence-electron chi connectivity index (χ2n) is 3.10. The van der Waals surface area contributed by atoms with E-state index in [0.717, 1.165) is 5.56 Å². The van der Waals surface area contributed by atoms with Crippen molar-refractivity contribution in [1.29, 1.82) is 0 Å². The van der Waals surface area contributed by atoms with Crippen molar-refractivity contribution in [3.8, 4) is 5.75 Å². The number of Topliss-reactive ketones (excluding diaryl/α,β-unsaturated/α-hetero) is 1. The molecule has 1 rings (SSSR count). The third-order valence-corrected chi connectivity index (χ3v) is 1.89. The van der Waals surface area contributed by atoms with Crippen LogP contribution in [-0.2, 0) is 4.79 Å². The second-order valence-corrected chi connectivity index (χ2v) is 3.10. The topological polar surface area (TPSA) is 43.4 Å². The average molecular weight is 204 g/mol. The number of carbonyl (C=O) groups excluding carboxylic acids is 2. The summed E-state index contributed by atoms with van der Waals surface area (Å²) in [6.45, 7) is 6.38. The Bertz CT molecular complexity index is 419. The largest absolute Gasteiger partial charge is 0.427 e. The van der Waals surface area contributed by atoms with Crippen LogP contribution in [0.2, 0.25) is 0 Å². The fourth-order valence-corrected chi connectivity index (χ4v) is 1.25. The molecule has 78 valence electrons. The van der Waals surface area contributed by atoms with Crippen LogP contribution in [0.5, 0.6) is 5.75 Å². The summed E-state index contributed by atoms with van der Waals surface area (Å²) < 4.78 is 4.88. The summed E-state index contributed by atoms with van der Waals surface area (Å²) in [4.78, 5) is 22.0. The molecule has 0 atom stereocenters. The van der Waals surface area contributed by atoms with E-state index in [2.05, 4.69) is 6.58 Å². The van der Waals surface area contributed by atoms with Crippen LogP contribution in [0, 0.1) is 0 Å². The number of carbonyl (C=O) groups is 2. The summed E-state index contributed by atoms with van der Waals surface area (Å²) in [5, 5.41) is 0. The molecule has 0 saturated carbocycles. The van der Waals surface area contributed by atoms with Gasteiger partial charge in [0.25, 0.3) is 0 Å². The van der Waals surface area contributed by atoms with Gasteiger partial charge in [-0.15, -0.1) is 0 Å². The molecule has 0 aliphatic carbocycles. The summed E-state index contributed by atoms with van der Waals surface area (Å²) in [5.74, 6) is -0.118. The van der Waals surface area contributed by atoms with Crippen molar-refractivity contribution in [2.75, 3.05) is 0 Å². The normalized spacial score (nSPS) is 9.47. The number of hydrogen-bond donors (Lipinski definition) is 0. The Morgan fingerprint density at radius 1 is 1.33 bits per heavy atom. The van der Waals surface area contributed by atoms with E-state index in [-0.39, 0.29) is 5.78 Å². The van der Waals surface area contributed by atoms with Crippen molar-refractivity contribution < 1.29 is 14.3 Å². The monoisotopic (exact) mass is 204 g/mol. The highest BCUT2D eigenvalue weighted by molar-refractivity contribution is 5.98. The molecule has 0 bridgehead atoms. The molecule has 0 radical (unpaired) electrons. The van der Waals surface area contributed by atoms with Crippen molar-refractivity contribution in [3.05, 3.63) is 35.9 Å². The molecule has 0 aromatic heterocycles. The van der Waals surface area contributed by atoms with Crippen LogP contribution >= 0.6 is 0 Å². The minimum atomic E-state index is -0.407. The van der Waals surface area contributed by atoms with Gasteiger partial charge in [-0.2, -0.15) is 0 Å². The van der Waals surface area contributed by atoms with Gasteiger partial charge in [0.2, 0.25) is 0 Å². The molecule has 0 aliphatic rings. The highest BCUT2D eigenvalue weighted by Crippen LogP contribution is 2.19. The van der Waals surface area contributed by atoms with Crippen molar-refractivity contribution in [2.24, 2.45) is 0 Å². The van der Waals surface area contributed by atoms with Crippen LogP contribution < -0.4 is 4.74 Å². The summed E-state index contributed by atoms with van der Waals surface area (Å²) in [5.41, 5.74) is 1.24. The van der Waals surface area contributed by atoms with Gasteiger partial charge >= 0.3 is 5.97 Å². The molecule has 0 unspecified atom stereocenters. The zero-order valence-electron chi connectivity index (χ0n) is 8.74. The zero-order chi connectivity index (χ0) is 11.4. The van der Waals surface area contributed by atoms with Gasteiger partial charge in [-0.25, -0.2) is 0 Å². The van der Waals surface area contributed by atoms with Gasteiger partial charge < -0.3 is 4.74 Å². The van der Waals surface area contributed by atoms with Gasteiger partial charge in [0, 0.05) is 12.5 Å². The fourth-order valence-electron chi connectivity index (χ4n) is 1.25. The SMILES string of the molecule is C=Cc1ccc(OC(C)=O)cc1C(C)=O. The van der Waals surface area contributed by atoms with Gasteiger partial charge in [-0.3, -0.25) is 9.59 Å². The first-order chi connectivity index (χ1) is 7.04. The third-order valence-electron chi connectivity index (χ3n) is 1.89. The first-order valence-electron chi connectivity index (χ1n) is 4.50. The van der Waals surface area contributed by atoms with Gasteiger partial charge in [0.1, 0.15) is 5.75 Å². The predicted molar refractivity (Wildman–Crippen MR) is 57.8 cm³/mol. The lowest BCUT2D eigenvalue weighted by Crippen LogP contribution is -2.03. The van der Waals surface area contributed by atoms with E-state index >= 15 is 0 Å². The summed E-state index contributed by atoms with van der Waals surface area (Å²) in [7, 11) is 0. The first-order valence-corrected chi connectivity index (χ1v) is 4.50. The molecule has 0 N–H and O–H groups in total. The molecular weight excluding hydrogens is 192 g/mol. The molecule has 0 aliphatic heterocycles. The molecule has 0 fully saturated rings. The van der Waals surface area contributed by atoms with Crippen LogP contribution in [0.4, 0.5) is 0 Å². The first kappa shape index (κ1) is 11.2. The molecule has 0 saturated heterocycles. The van der Waals surface area contributed by atoms with Crippen LogP contribution in [0.3, 0.4) is 0 Å². The third kappa shape index (κ3) is 2.77. The Hall–Kier alpha value is -1.90. The van der Waals surface area contributed by atoms with E-state index in [4.69, 9.17) is 4.74 Å². The summed E-state index contributed by atoms with van der Waals surface area (Å²) >= 11 is 0. The molecule has 1 aromatic rings. The summed E-state index contributed by atoms with van der Waals surface area (Å²) in [6.07, 6.45) is 1.59. The van der Waals surface area contributed by atoms with Crippen LogP contribution in [0.1, 0.15) is 29.8 Å². The van der Waals surface area contributed by atoms with Crippen LogP contribution in [0.25, 0.3) is 6.08 Å². The van der Waals surface area contributed by atoms with Crippen molar-refractivity contribution in [2.45, 2.75) is 13.8 Å². The van der Waals surface area contributed by atoms with E-state index in [1.807, 2.05) is 0 Å². The maximum atomic E-state index is 11.3. The highest BCUT2D eigenvalue weighted by atomic mass is 16.5. The number of hydrogen-bond acceptors (Lipinski definition) is 3. The highest BCUT2D eigenvalue weighted by Gasteiger charge is 2.07. The average Bonchev–Trinajstić information content (AvgIpc) is 2.16. The lowest BCUT2D eigenvalue weighted by molar-refractivity contribution is -0.131. The van der Waals surface area contributed by atoms with E-state index in [1.165, 1.54) is 13.8 Å². The molecule has 3 nitrogen and oxygen atoms in total. The number of ether oxygens (including phenoxy) is 1. The Kier molecular flexibility index (Phi) is 3.39. The minimum Gasteiger partial charge on any atom is -0.427 e. The smallest absolute Gasteiger partial charge is 0.308 e. The maximum absolute atomic E-state index is 11.3. The van der Waals surface area contributed by atoms with Crippen molar-refractivity contribution in [3.63, 3.8) is 0 Å². The molecule has 15 heavy (non-hydrogen) atoms. The Morgan fingerprint density at radius 2 is 2.00 bits per heavy atom. The zero-order valence-corrected chi connectivity index (χ0v) is 8.74. The lowest BCUT2D eigenvalue weighted by Gasteiger charge is -2.05. The van der Waals surface area contributed by atoms with Crippen LogP contribution in [-0.4, -0.2) is 11.8 Å². The minimum absolute atomic E-state index is 0.0843. The standard InChI is InChI=1S/C12H12O3/c1-4-10-5-6-11(15-9(3)14)7-12(10)8(2)13/h4-7H,1H2,2-3H3. The molecular formula is C12H12O3. The molecule has 3 heteroatoms. The van der Waals surface area contributed by atoms with Gasteiger partial charge in [0.15, 0.2) is 5.78 Å². The molecule has 1 aromatic carbocycles. The number of esters is 1. The molecule has 0 amide bonds. The van der Waals surface area contributed by atoms with E-state index in [1.54, 1.807) is 24.3 Å². The van der Waals surface area contributed by atoms with Gasteiger partial charge in [-0.05, 0) is 24.6 Å². The number of rotatable bonds is 3. The van der Waals surface area contributed by atoms with Crippen molar-refractivity contribution in [1.82, 2.24) is 0 Å². The number of ketones is 1. The Labute approximate surface area is 88.4 Å². The quantitative estimate of drug-likeness (QED) is 0.431. The predicted octanol–water partition coefficient (Wildman–Crippen LogP) is 2.46. The fraction of sp³-hybridized carbons (Fsp3) is 0.167. The van der Waals surface area contributed by atoms with Crippen molar-refractivity contribution >= 4 is 17.8 Å². The molecule has 0 heterocycles. The molecule has 0 spiro atoms. The van der Waals surface area contributed by atoms with E-state index in [9.17, 15) is 9.59 Å². The lowest BCUT2D eigenvalue weighted by atomic mass is 10.0. The second kappa shape index (κ2) is 4.55. The Morgan fingerprint density at radius 3 is 2.47 bits per heavy atom. The summed E-state index contributed by atoms with van der Waals surface area (Å²) in [6, 6.07) is 4.87. The van der Waals surface area contributed by atoms with E-state index in [0.29, 0.717) is 11.3 Å². The van der Waals surface area contributed by atoms with Crippen LogP contribution in [0.15, 0.2) is 24.8 Å². The van der Waals surface area contributed by atoms with Gasteiger partial charge in [0.05, 0.1) is 0 Å². The Balaban J connectivity index is 3.15. The van der Waals surface area contributed by atoms with Gasteiger partial charge in [-0.1, -0.05) is 18.7 Å². The maximum Gasteiger partial charge on any atom is 0.308 e.